The molecule has 1 aliphatic carbocycles. The molecule has 0 bridgehead atoms. The summed E-state index contributed by atoms with van der Waals surface area (Å²) >= 11 is 0. The fourth-order valence-electron chi connectivity index (χ4n) is 2.61. The van der Waals surface area contributed by atoms with Crippen LogP contribution in [0.3, 0.4) is 0 Å². The summed E-state index contributed by atoms with van der Waals surface area (Å²) in [7, 11) is 0. The molecule has 0 heterocycles. The Morgan fingerprint density at radius 2 is 1.79 bits per heavy atom. The average Bonchev–Trinajstić information content (AvgIpc) is 2.67. The van der Waals surface area contributed by atoms with Gasteiger partial charge in [0.1, 0.15) is 0 Å². The molecule has 1 heteroatoms. The summed E-state index contributed by atoms with van der Waals surface area (Å²) in [6.45, 7) is 0.873. The summed E-state index contributed by atoms with van der Waals surface area (Å²) < 4.78 is 0. The summed E-state index contributed by atoms with van der Waals surface area (Å²) in [5.74, 6) is 1.61. The predicted molar refractivity (Wildman–Crippen MR) is 60.0 cm³/mol. The van der Waals surface area contributed by atoms with Gasteiger partial charge in [-0.1, -0.05) is 36.8 Å². The van der Waals surface area contributed by atoms with Crippen molar-refractivity contribution in [2.24, 2.45) is 17.6 Å². The van der Waals surface area contributed by atoms with Gasteiger partial charge in [-0.15, -0.1) is 0 Å². The number of benzene rings is 1. The van der Waals surface area contributed by atoms with E-state index in [1.54, 1.807) is 0 Å². The molecule has 0 saturated heterocycles. The highest BCUT2D eigenvalue weighted by Gasteiger charge is 2.25. The number of rotatable bonds is 3. The predicted octanol–water partition coefficient (Wildman–Crippen LogP) is 2.60. The maximum atomic E-state index is 5.78. The van der Waals surface area contributed by atoms with Crippen LogP contribution in [0.25, 0.3) is 0 Å². The minimum Gasteiger partial charge on any atom is -0.330 e. The number of hydrogen-bond donors (Lipinski definition) is 1. The van der Waals surface area contributed by atoms with Crippen molar-refractivity contribution in [3.05, 3.63) is 35.9 Å². The lowest BCUT2D eigenvalue weighted by Crippen LogP contribution is -2.20. The molecule has 0 amide bonds. The van der Waals surface area contributed by atoms with Gasteiger partial charge in [0.2, 0.25) is 0 Å². The second-order valence-electron chi connectivity index (χ2n) is 4.38. The molecule has 2 N–H and O–H groups in total. The van der Waals surface area contributed by atoms with E-state index >= 15 is 0 Å². The Labute approximate surface area is 86.3 Å². The Hall–Kier alpha value is -0.820. The van der Waals surface area contributed by atoms with Gasteiger partial charge in [0.15, 0.2) is 0 Å². The van der Waals surface area contributed by atoms with E-state index in [-0.39, 0.29) is 0 Å². The molecule has 1 saturated carbocycles. The normalized spacial score (nSPS) is 26.6. The smallest absolute Gasteiger partial charge is 0.00461 e. The Morgan fingerprint density at radius 1 is 1.07 bits per heavy atom. The monoisotopic (exact) mass is 189 g/mol. The second-order valence-corrected chi connectivity index (χ2v) is 4.38. The van der Waals surface area contributed by atoms with Crippen molar-refractivity contribution in [1.82, 2.24) is 0 Å². The second kappa shape index (κ2) is 4.61. The van der Waals surface area contributed by atoms with Crippen molar-refractivity contribution in [3.8, 4) is 0 Å². The van der Waals surface area contributed by atoms with Crippen molar-refractivity contribution in [3.63, 3.8) is 0 Å². The minimum absolute atomic E-state index is 0.773. The molecule has 0 aromatic heterocycles. The van der Waals surface area contributed by atoms with Crippen molar-refractivity contribution in [2.45, 2.75) is 25.7 Å². The lowest BCUT2D eigenvalue weighted by molar-refractivity contribution is 0.394. The highest BCUT2D eigenvalue weighted by atomic mass is 14.6. The molecule has 1 aromatic carbocycles. The van der Waals surface area contributed by atoms with Gasteiger partial charge in [-0.2, -0.15) is 0 Å². The summed E-state index contributed by atoms with van der Waals surface area (Å²) in [5, 5.41) is 0. The molecule has 14 heavy (non-hydrogen) atoms. The molecule has 0 aliphatic heterocycles. The van der Waals surface area contributed by atoms with Gasteiger partial charge in [0.05, 0.1) is 0 Å². The van der Waals surface area contributed by atoms with Crippen LogP contribution in [-0.4, -0.2) is 6.54 Å². The van der Waals surface area contributed by atoms with E-state index in [9.17, 15) is 0 Å². The van der Waals surface area contributed by atoms with Crippen LogP contribution in [0.1, 0.15) is 24.8 Å². The molecule has 1 fully saturated rings. The fraction of sp³-hybridized carbons (Fsp3) is 0.538. The minimum atomic E-state index is 0.773. The fourth-order valence-corrected chi connectivity index (χ4v) is 2.61. The van der Waals surface area contributed by atoms with Gasteiger partial charge < -0.3 is 5.73 Å². The molecule has 0 spiro atoms. The first-order valence-corrected chi connectivity index (χ1v) is 5.64. The molecular weight excluding hydrogens is 170 g/mol. The quantitative estimate of drug-likeness (QED) is 0.777. The van der Waals surface area contributed by atoms with E-state index in [0.29, 0.717) is 0 Å². The molecular formula is C13H19N. The number of nitrogens with two attached hydrogens (primary N) is 1. The van der Waals surface area contributed by atoms with Crippen molar-refractivity contribution in [1.29, 1.82) is 0 Å². The summed E-state index contributed by atoms with van der Waals surface area (Å²) in [4.78, 5) is 0. The topological polar surface area (TPSA) is 26.0 Å². The third-order valence-corrected chi connectivity index (χ3v) is 3.46. The lowest BCUT2D eigenvalue weighted by atomic mass is 9.90. The van der Waals surface area contributed by atoms with Gasteiger partial charge in [-0.3, -0.25) is 0 Å². The van der Waals surface area contributed by atoms with E-state index in [2.05, 4.69) is 30.3 Å². The SMILES string of the molecule is NCC1CCCC1Cc1ccccc1. The Kier molecular flexibility index (Phi) is 3.20. The van der Waals surface area contributed by atoms with Gasteiger partial charge >= 0.3 is 0 Å². The molecule has 1 aliphatic rings. The zero-order chi connectivity index (χ0) is 9.80. The van der Waals surface area contributed by atoms with Gasteiger partial charge in [0.25, 0.3) is 0 Å². The first-order chi connectivity index (χ1) is 6.90. The molecule has 2 atom stereocenters. The van der Waals surface area contributed by atoms with E-state index in [0.717, 1.165) is 18.4 Å². The first kappa shape index (κ1) is 9.72. The molecule has 1 nitrogen and oxygen atoms in total. The molecule has 0 radical (unpaired) electrons. The van der Waals surface area contributed by atoms with Crippen molar-refractivity contribution < 1.29 is 0 Å². The van der Waals surface area contributed by atoms with Crippen molar-refractivity contribution in [2.75, 3.05) is 6.54 Å². The highest BCUT2D eigenvalue weighted by molar-refractivity contribution is 5.15. The molecule has 2 unspecified atom stereocenters. The maximum Gasteiger partial charge on any atom is -0.00461 e. The number of hydrogen-bond acceptors (Lipinski definition) is 1. The van der Waals surface area contributed by atoms with Crippen LogP contribution in [0.5, 0.6) is 0 Å². The third-order valence-electron chi connectivity index (χ3n) is 3.46. The average molecular weight is 189 g/mol. The molecule has 76 valence electrons. The van der Waals surface area contributed by atoms with Crippen molar-refractivity contribution >= 4 is 0 Å². The van der Waals surface area contributed by atoms with Crippen LogP contribution in [0.15, 0.2) is 30.3 Å². The van der Waals surface area contributed by atoms with E-state index < -0.39 is 0 Å². The van der Waals surface area contributed by atoms with Gasteiger partial charge in [-0.25, -0.2) is 0 Å². The summed E-state index contributed by atoms with van der Waals surface area (Å²) in [5.41, 5.74) is 7.25. The Bertz CT molecular complexity index is 268. The van der Waals surface area contributed by atoms with Crippen LogP contribution < -0.4 is 5.73 Å². The van der Waals surface area contributed by atoms with Crippen LogP contribution in [0.4, 0.5) is 0 Å². The largest absolute Gasteiger partial charge is 0.330 e. The van der Waals surface area contributed by atoms with Crippen LogP contribution in [0.2, 0.25) is 0 Å². The maximum absolute atomic E-state index is 5.78. The highest BCUT2D eigenvalue weighted by Crippen LogP contribution is 2.33. The van der Waals surface area contributed by atoms with Crippen LogP contribution in [-0.2, 0) is 6.42 Å². The van der Waals surface area contributed by atoms with Crippen LogP contribution >= 0.6 is 0 Å². The summed E-state index contributed by atoms with van der Waals surface area (Å²) in [6, 6.07) is 10.8. The Balaban J connectivity index is 1.97. The van der Waals surface area contributed by atoms with Gasteiger partial charge in [-0.05, 0) is 43.2 Å². The third kappa shape index (κ3) is 2.16. The Morgan fingerprint density at radius 3 is 2.50 bits per heavy atom. The van der Waals surface area contributed by atoms with Gasteiger partial charge in [0, 0.05) is 0 Å². The van der Waals surface area contributed by atoms with Crippen LogP contribution in [0, 0.1) is 11.8 Å². The van der Waals surface area contributed by atoms with E-state index in [4.69, 9.17) is 5.73 Å². The zero-order valence-corrected chi connectivity index (χ0v) is 8.65. The molecule has 1 aromatic rings. The first-order valence-electron chi connectivity index (χ1n) is 5.64. The lowest BCUT2D eigenvalue weighted by Gasteiger charge is -2.17. The summed E-state index contributed by atoms with van der Waals surface area (Å²) in [6.07, 6.45) is 5.31. The van der Waals surface area contributed by atoms with E-state index in [1.807, 2.05) is 0 Å². The molecule has 2 rings (SSSR count). The zero-order valence-electron chi connectivity index (χ0n) is 8.65. The van der Waals surface area contributed by atoms with E-state index in [1.165, 1.54) is 31.2 Å². The standard InChI is InChI=1S/C13H19N/c14-10-13-8-4-7-12(13)9-11-5-2-1-3-6-11/h1-3,5-6,12-13H,4,7-10,14H2.